The summed E-state index contributed by atoms with van der Waals surface area (Å²) in [6, 6.07) is 5.90. The van der Waals surface area contributed by atoms with Gasteiger partial charge in [0.25, 0.3) is 0 Å². The van der Waals surface area contributed by atoms with Gasteiger partial charge in [0.15, 0.2) is 0 Å². The van der Waals surface area contributed by atoms with E-state index in [1.807, 2.05) is 18.2 Å². The van der Waals surface area contributed by atoms with Crippen LogP contribution in [0.15, 0.2) is 18.2 Å². The van der Waals surface area contributed by atoms with Crippen LogP contribution in [0.2, 0.25) is 0 Å². The van der Waals surface area contributed by atoms with Crippen molar-refractivity contribution in [3.05, 3.63) is 24.0 Å². The fourth-order valence-electron chi connectivity index (χ4n) is 2.83. The molecule has 114 valence electrons. The monoisotopic (exact) mass is 290 g/mol. The molecular formula is C15H22N4O2. The summed E-state index contributed by atoms with van der Waals surface area (Å²) in [5, 5.41) is 12.7. The van der Waals surface area contributed by atoms with Crippen LogP contribution in [0.3, 0.4) is 0 Å². The molecule has 1 saturated heterocycles. The summed E-state index contributed by atoms with van der Waals surface area (Å²) >= 11 is 0. The minimum atomic E-state index is 0.117. The van der Waals surface area contributed by atoms with Crippen LogP contribution in [0.1, 0.15) is 5.82 Å². The fourth-order valence-corrected chi connectivity index (χ4v) is 2.83. The molecule has 0 aliphatic carbocycles. The highest BCUT2D eigenvalue weighted by Gasteiger charge is 2.16. The van der Waals surface area contributed by atoms with Gasteiger partial charge in [0, 0.05) is 38.8 Å². The third-order valence-electron chi connectivity index (χ3n) is 3.93. The maximum Gasteiger partial charge on any atom is 0.124 e. The Kier molecular flexibility index (Phi) is 4.38. The highest BCUT2D eigenvalue weighted by Crippen LogP contribution is 2.22. The van der Waals surface area contributed by atoms with Crippen LogP contribution in [0.5, 0.6) is 5.75 Å². The SMILES string of the molecule is COc1ccc2c(c1)nc(CN1CCNCC1)n2CCO. The number of rotatable bonds is 5. The van der Waals surface area contributed by atoms with Crippen LogP contribution in [0.25, 0.3) is 11.0 Å². The molecule has 2 N–H and O–H groups in total. The Morgan fingerprint density at radius 3 is 2.86 bits per heavy atom. The van der Waals surface area contributed by atoms with E-state index < -0.39 is 0 Å². The number of fused-ring (bicyclic) bond motifs is 1. The van der Waals surface area contributed by atoms with E-state index in [9.17, 15) is 5.11 Å². The Hall–Kier alpha value is -1.63. The molecule has 0 saturated carbocycles. The van der Waals surface area contributed by atoms with Crippen LogP contribution < -0.4 is 10.1 Å². The quantitative estimate of drug-likeness (QED) is 0.837. The van der Waals surface area contributed by atoms with Crippen molar-refractivity contribution >= 4 is 11.0 Å². The molecule has 21 heavy (non-hydrogen) atoms. The highest BCUT2D eigenvalue weighted by atomic mass is 16.5. The number of ether oxygens (including phenoxy) is 1. The van der Waals surface area contributed by atoms with Crippen LogP contribution in [-0.2, 0) is 13.1 Å². The predicted octanol–water partition coefficient (Wildman–Crippen LogP) is 0.442. The van der Waals surface area contributed by atoms with Gasteiger partial charge in [-0.3, -0.25) is 4.90 Å². The summed E-state index contributed by atoms with van der Waals surface area (Å²) in [6.45, 7) is 5.62. The second kappa shape index (κ2) is 6.43. The van der Waals surface area contributed by atoms with Crippen molar-refractivity contribution in [2.24, 2.45) is 0 Å². The average molecular weight is 290 g/mol. The standard InChI is InChI=1S/C15H22N4O2/c1-21-12-2-3-14-13(10-12)17-15(19(14)8-9-20)11-18-6-4-16-5-7-18/h2-3,10,16,20H,4-9,11H2,1H3. The van der Waals surface area contributed by atoms with Crippen molar-refractivity contribution in [2.45, 2.75) is 13.1 Å². The molecular weight excluding hydrogens is 268 g/mol. The molecule has 1 aliphatic heterocycles. The number of aromatic nitrogens is 2. The van der Waals surface area contributed by atoms with Crippen molar-refractivity contribution in [3.63, 3.8) is 0 Å². The van der Waals surface area contributed by atoms with Gasteiger partial charge in [0.05, 0.1) is 31.3 Å². The summed E-state index contributed by atoms with van der Waals surface area (Å²) in [4.78, 5) is 7.14. The molecule has 0 radical (unpaired) electrons. The first-order valence-electron chi connectivity index (χ1n) is 7.39. The molecule has 1 aromatic carbocycles. The van der Waals surface area contributed by atoms with Gasteiger partial charge in [0.1, 0.15) is 11.6 Å². The van der Waals surface area contributed by atoms with E-state index in [-0.39, 0.29) is 6.61 Å². The third kappa shape index (κ3) is 3.02. The maximum absolute atomic E-state index is 9.33. The van der Waals surface area contributed by atoms with Crippen molar-refractivity contribution in [1.29, 1.82) is 0 Å². The van der Waals surface area contributed by atoms with Crippen molar-refractivity contribution in [3.8, 4) is 5.75 Å². The minimum absolute atomic E-state index is 0.117. The van der Waals surface area contributed by atoms with Crippen LogP contribution in [-0.4, -0.2) is 59.5 Å². The van der Waals surface area contributed by atoms with Crippen molar-refractivity contribution < 1.29 is 9.84 Å². The van der Waals surface area contributed by atoms with Gasteiger partial charge in [-0.1, -0.05) is 0 Å². The molecule has 3 rings (SSSR count). The van der Waals surface area contributed by atoms with Crippen LogP contribution in [0.4, 0.5) is 0 Å². The van der Waals surface area contributed by atoms with E-state index in [0.29, 0.717) is 6.54 Å². The Morgan fingerprint density at radius 1 is 1.33 bits per heavy atom. The molecule has 0 bridgehead atoms. The van der Waals surface area contributed by atoms with Gasteiger partial charge < -0.3 is 19.7 Å². The summed E-state index contributed by atoms with van der Waals surface area (Å²) in [6.07, 6.45) is 0. The zero-order valence-electron chi connectivity index (χ0n) is 12.4. The summed E-state index contributed by atoms with van der Waals surface area (Å²) in [5.41, 5.74) is 1.97. The number of nitrogens with zero attached hydrogens (tertiary/aromatic N) is 3. The molecule has 2 aromatic rings. The van der Waals surface area contributed by atoms with E-state index in [2.05, 4.69) is 14.8 Å². The molecule has 6 heteroatoms. The number of hydrogen-bond donors (Lipinski definition) is 2. The molecule has 1 aliphatic rings. The van der Waals surface area contributed by atoms with Gasteiger partial charge in [0.2, 0.25) is 0 Å². The van der Waals surface area contributed by atoms with E-state index >= 15 is 0 Å². The second-order valence-corrected chi connectivity index (χ2v) is 5.28. The predicted molar refractivity (Wildman–Crippen MR) is 81.5 cm³/mol. The lowest BCUT2D eigenvalue weighted by molar-refractivity contribution is 0.221. The van der Waals surface area contributed by atoms with Gasteiger partial charge >= 0.3 is 0 Å². The maximum atomic E-state index is 9.33. The number of benzene rings is 1. The summed E-state index contributed by atoms with van der Waals surface area (Å²) in [7, 11) is 1.66. The topological polar surface area (TPSA) is 62.5 Å². The van der Waals surface area contributed by atoms with E-state index in [0.717, 1.165) is 55.3 Å². The number of hydrogen-bond acceptors (Lipinski definition) is 5. The lowest BCUT2D eigenvalue weighted by Gasteiger charge is -2.26. The number of aliphatic hydroxyl groups is 1. The summed E-state index contributed by atoms with van der Waals surface area (Å²) < 4.78 is 7.37. The Bertz CT molecular complexity index is 605. The number of piperazine rings is 1. The zero-order valence-corrected chi connectivity index (χ0v) is 12.4. The molecule has 0 amide bonds. The normalized spacial score (nSPS) is 16.5. The largest absolute Gasteiger partial charge is 0.497 e. The Balaban J connectivity index is 1.93. The number of imidazole rings is 1. The first-order valence-corrected chi connectivity index (χ1v) is 7.39. The lowest BCUT2D eigenvalue weighted by atomic mass is 10.3. The average Bonchev–Trinajstić information content (AvgIpc) is 2.85. The molecule has 0 unspecified atom stereocenters. The first kappa shape index (κ1) is 14.3. The molecule has 6 nitrogen and oxygen atoms in total. The molecule has 0 spiro atoms. The van der Waals surface area contributed by atoms with Crippen LogP contribution >= 0.6 is 0 Å². The Labute approximate surface area is 124 Å². The number of aliphatic hydroxyl groups excluding tert-OH is 1. The first-order chi connectivity index (χ1) is 10.3. The van der Waals surface area contributed by atoms with Gasteiger partial charge in [-0.2, -0.15) is 0 Å². The molecule has 2 heterocycles. The van der Waals surface area contributed by atoms with Gasteiger partial charge in [-0.25, -0.2) is 4.98 Å². The molecule has 1 aromatic heterocycles. The van der Waals surface area contributed by atoms with Gasteiger partial charge in [-0.05, 0) is 12.1 Å². The van der Waals surface area contributed by atoms with Crippen LogP contribution in [0, 0.1) is 0 Å². The molecule has 0 atom stereocenters. The zero-order chi connectivity index (χ0) is 14.7. The summed E-state index contributed by atoms with van der Waals surface area (Å²) in [5.74, 6) is 1.82. The van der Waals surface area contributed by atoms with Crippen molar-refractivity contribution in [2.75, 3.05) is 39.9 Å². The molecule has 1 fully saturated rings. The Morgan fingerprint density at radius 2 is 2.14 bits per heavy atom. The van der Waals surface area contributed by atoms with E-state index in [4.69, 9.17) is 9.72 Å². The smallest absolute Gasteiger partial charge is 0.124 e. The third-order valence-corrected chi connectivity index (χ3v) is 3.93. The number of nitrogens with one attached hydrogen (secondary N) is 1. The highest BCUT2D eigenvalue weighted by molar-refractivity contribution is 5.77. The minimum Gasteiger partial charge on any atom is -0.497 e. The van der Waals surface area contributed by atoms with Crippen molar-refractivity contribution in [1.82, 2.24) is 19.8 Å². The lowest BCUT2D eigenvalue weighted by Crippen LogP contribution is -2.43. The number of methoxy groups -OCH3 is 1. The van der Waals surface area contributed by atoms with E-state index in [1.54, 1.807) is 7.11 Å². The van der Waals surface area contributed by atoms with E-state index in [1.165, 1.54) is 0 Å². The second-order valence-electron chi connectivity index (χ2n) is 5.28. The fraction of sp³-hybridized carbons (Fsp3) is 0.533. The van der Waals surface area contributed by atoms with Gasteiger partial charge in [-0.15, -0.1) is 0 Å².